The standard InChI is InChI=1S/C13H19BrN2O3/c1-2-3-4-18-5-6-19-12-7-9(13(16)17)11(15)8-10(12)14/h7-8H,2-6,15H2,1H3,(H2,16,17). The van der Waals surface area contributed by atoms with Gasteiger partial charge >= 0.3 is 0 Å². The number of hydrogen-bond donors (Lipinski definition) is 2. The topological polar surface area (TPSA) is 87.6 Å². The highest BCUT2D eigenvalue weighted by Crippen LogP contribution is 2.30. The second kappa shape index (κ2) is 8.01. The summed E-state index contributed by atoms with van der Waals surface area (Å²) in [4.78, 5) is 11.2. The fourth-order valence-corrected chi connectivity index (χ4v) is 1.93. The number of unbranched alkanes of at least 4 members (excludes halogenated alkanes) is 1. The van der Waals surface area contributed by atoms with E-state index >= 15 is 0 Å². The Balaban J connectivity index is 2.53. The van der Waals surface area contributed by atoms with Gasteiger partial charge in [-0.05, 0) is 34.5 Å². The third-order valence-corrected chi connectivity index (χ3v) is 3.12. The summed E-state index contributed by atoms with van der Waals surface area (Å²) in [7, 11) is 0. The SMILES string of the molecule is CCCCOCCOc1cc(C(N)=O)c(N)cc1Br. The second-order valence-corrected chi connectivity index (χ2v) is 4.90. The van der Waals surface area contributed by atoms with E-state index in [0.29, 0.717) is 29.1 Å². The van der Waals surface area contributed by atoms with Gasteiger partial charge in [-0.2, -0.15) is 0 Å². The number of carbonyl (C=O) groups excluding carboxylic acids is 1. The van der Waals surface area contributed by atoms with Crippen molar-refractivity contribution in [2.24, 2.45) is 5.73 Å². The lowest BCUT2D eigenvalue weighted by Gasteiger charge is -2.11. The monoisotopic (exact) mass is 330 g/mol. The minimum absolute atomic E-state index is 0.255. The molecule has 0 atom stereocenters. The number of benzene rings is 1. The molecule has 4 N–H and O–H groups in total. The molecule has 1 amide bonds. The van der Waals surface area contributed by atoms with Crippen LogP contribution in [-0.4, -0.2) is 25.7 Å². The van der Waals surface area contributed by atoms with E-state index < -0.39 is 5.91 Å². The van der Waals surface area contributed by atoms with Crippen LogP contribution >= 0.6 is 15.9 Å². The van der Waals surface area contributed by atoms with E-state index in [1.165, 1.54) is 6.07 Å². The van der Waals surface area contributed by atoms with Gasteiger partial charge in [-0.1, -0.05) is 13.3 Å². The molecule has 19 heavy (non-hydrogen) atoms. The first-order chi connectivity index (χ1) is 9.06. The smallest absolute Gasteiger partial charge is 0.250 e. The Morgan fingerprint density at radius 3 is 2.68 bits per heavy atom. The Kier molecular flexibility index (Phi) is 6.66. The van der Waals surface area contributed by atoms with Gasteiger partial charge in [-0.15, -0.1) is 0 Å². The lowest BCUT2D eigenvalue weighted by molar-refractivity contribution is 0.0973. The molecule has 0 heterocycles. The highest BCUT2D eigenvalue weighted by atomic mass is 79.9. The van der Waals surface area contributed by atoms with Gasteiger partial charge in [-0.25, -0.2) is 0 Å². The van der Waals surface area contributed by atoms with Crippen molar-refractivity contribution in [1.82, 2.24) is 0 Å². The zero-order chi connectivity index (χ0) is 14.3. The van der Waals surface area contributed by atoms with Crippen LogP contribution in [0.2, 0.25) is 0 Å². The van der Waals surface area contributed by atoms with E-state index in [0.717, 1.165) is 19.4 Å². The molecular weight excluding hydrogens is 312 g/mol. The summed E-state index contributed by atoms with van der Waals surface area (Å²) in [6, 6.07) is 3.14. The first-order valence-electron chi connectivity index (χ1n) is 6.15. The fraction of sp³-hybridized carbons (Fsp3) is 0.462. The van der Waals surface area contributed by atoms with Crippen LogP contribution in [-0.2, 0) is 4.74 Å². The van der Waals surface area contributed by atoms with Crippen LogP contribution in [0.5, 0.6) is 5.75 Å². The third-order valence-electron chi connectivity index (χ3n) is 2.50. The molecule has 6 heteroatoms. The van der Waals surface area contributed by atoms with E-state index in [9.17, 15) is 4.79 Å². The number of nitrogen functional groups attached to an aromatic ring is 1. The van der Waals surface area contributed by atoms with E-state index in [4.69, 9.17) is 20.9 Å². The van der Waals surface area contributed by atoms with Crippen molar-refractivity contribution in [3.8, 4) is 5.75 Å². The Labute approximate surface area is 121 Å². The van der Waals surface area contributed by atoms with Gasteiger partial charge in [0.2, 0.25) is 0 Å². The summed E-state index contributed by atoms with van der Waals surface area (Å²) >= 11 is 3.33. The Bertz CT molecular complexity index is 438. The summed E-state index contributed by atoms with van der Waals surface area (Å²) < 4.78 is 11.6. The Morgan fingerprint density at radius 1 is 1.32 bits per heavy atom. The van der Waals surface area contributed by atoms with Gasteiger partial charge < -0.3 is 20.9 Å². The van der Waals surface area contributed by atoms with E-state index in [-0.39, 0.29) is 5.56 Å². The van der Waals surface area contributed by atoms with Gasteiger partial charge in [0.15, 0.2) is 0 Å². The Hall–Kier alpha value is -1.27. The molecule has 1 rings (SSSR count). The van der Waals surface area contributed by atoms with Crippen LogP contribution in [0.1, 0.15) is 30.1 Å². The highest BCUT2D eigenvalue weighted by Gasteiger charge is 2.11. The predicted octanol–water partition coefficient (Wildman–Crippen LogP) is 2.33. The van der Waals surface area contributed by atoms with Crippen molar-refractivity contribution in [3.63, 3.8) is 0 Å². The average Bonchev–Trinajstić information content (AvgIpc) is 2.35. The molecule has 0 saturated heterocycles. The van der Waals surface area contributed by atoms with Crippen molar-refractivity contribution in [1.29, 1.82) is 0 Å². The van der Waals surface area contributed by atoms with Crippen LogP contribution in [0.15, 0.2) is 16.6 Å². The molecule has 0 radical (unpaired) electrons. The van der Waals surface area contributed by atoms with Crippen LogP contribution in [0.4, 0.5) is 5.69 Å². The van der Waals surface area contributed by atoms with Gasteiger partial charge in [0, 0.05) is 12.3 Å². The molecule has 0 saturated carbocycles. The van der Waals surface area contributed by atoms with Crippen molar-refractivity contribution in [3.05, 3.63) is 22.2 Å². The molecule has 5 nitrogen and oxygen atoms in total. The molecule has 1 aromatic carbocycles. The third kappa shape index (κ3) is 5.08. The number of ether oxygens (including phenoxy) is 2. The van der Waals surface area contributed by atoms with Crippen molar-refractivity contribution in [2.45, 2.75) is 19.8 Å². The minimum atomic E-state index is -0.575. The van der Waals surface area contributed by atoms with E-state index in [2.05, 4.69) is 22.9 Å². The average molecular weight is 331 g/mol. The maximum Gasteiger partial charge on any atom is 0.250 e. The van der Waals surface area contributed by atoms with Crippen LogP contribution in [0.25, 0.3) is 0 Å². The maximum atomic E-state index is 11.2. The number of anilines is 1. The minimum Gasteiger partial charge on any atom is -0.490 e. The molecule has 0 unspecified atom stereocenters. The number of primary amides is 1. The zero-order valence-corrected chi connectivity index (χ0v) is 12.5. The molecule has 0 fully saturated rings. The van der Waals surface area contributed by atoms with Gasteiger partial charge in [0.25, 0.3) is 5.91 Å². The molecule has 0 aliphatic heterocycles. The van der Waals surface area contributed by atoms with Gasteiger partial charge in [0.1, 0.15) is 12.4 Å². The summed E-state index contributed by atoms with van der Waals surface area (Å²) in [6.07, 6.45) is 2.14. The first-order valence-corrected chi connectivity index (χ1v) is 6.95. The maximum absolute atomic E-state index is 11.2. The molecular formula is C13H19BrN2O3. The Morgan fingerprint density at radius 2 is 2.05 bits per heavy atom. The molecule has 0 aliphatic carbocycles. The second-order valence-electron chi connectivity index (χ2n) is 4.05. The lowest BCUT2D eigenvalue weighted by atomic mass is 10.1. The number of carbonyl (C=O) groups is 1. The molecule has 0 bridgehead atoms. The van der Waals surface area contributed by atoms with Crippen LogP contribution < -0.4 is 16.2 Å². The highest BCUT2D eigenvalue weighted by molar-refractivity contribution is 9.10. The lowest BCUT2D eigenvalue weighted by Crippen LogP contribution is -2.14. The van der Waals surface area contributed by atoms with Crippen molar-refractivity contribution >= 4 is 27.5 Å². The summed E-state index contributed by atoms with van der Waals surface area (Å²) in [5.41, 5.74) is 11.5. The van der Waals surface area contributed by atoms with Crippen molar-refractivity contribution < 1.29 is 14.3 Å². The normalized spacial score (nSPS) is 10.4. The van der Waals surface area contributed by atoms with Crippen LogP contribution in [0.3, 0.4) is 0 Å². The molecule has 0 aromatic heterocycles. The van der Waals surface area contributed by atoms with Crippen molar-refractivity contribution in [2.75, 3.05) is 25.6 Å². The number of hydrogen-bond acceptors (Lipinski definition) is 4. The quantitative estimate of drug-likeness (QED) is 0.565. The predicted molar refractivity (Wildman–Crippen MR) is 78.3 cm³/mol. The number of nitrogens with two attached hydrogens (primary N) is 2. The number of halogens is 1. The molecule has 0 aliphatic rings. The number of rotatable bonds is 8. The fourth-order valence-electron chi connectivity index (χ4n) is 1.45. The molecule has 106 valence electrons. The van der Waals surface area contributed by atoms with E-state index in [1.807, 2.05) is 0 Å². The number of amides is 1. The molecule has 1 aromatic rings. The molecule has 0 spiro atoms. The first kappa shape index (κ1) is 15.8. The zero-order valence-electron chi connectivity index (χ0n) is 10.9. The van der Waals surface area contributed by atoms with Crippen LogP contribution in [0, 0.1) is 0 Å². The summed E-state index contributed by atoms with van der Waals surface area (Å²) in [6.45, 7) is 3.75. The van der Waals surface area contributed by atoms with E-state index in [1.54, 1.807) is 6.07 Å². The summed E-state index contributed by atoms with van der Waals surface area (Å²) in [5.74, 6) is -0.0452. The summed E-state index contributed by atoms with van der Waals surface area (Å²) in [5, 5.41) is 0. The van der Waals surface area contributed by atoms with Gasteiger partial charge in [0.05, 0.1) is 16.6 Å². The largest absolute Gasteiger partial charge is 0.490 e. The van der Waals surface area contributed by atoms with Gasteiger partial charge in [-0.3, -0.25) is 4.79 Å².